The molecule has 3 rings (SSSR count). The van der Waals surface area contributed by atoms with E-state index in [1.54, 1.807) is 4.90 Å². The maximum Gasteiger partial charge on any atom is 0.224 e. The Morgan fingerprint density at radius 1 is 1.32 bits per heavy atom. The minimum atomic E-state index is -0.0355. The lowest BCUT2D eigenvalue weighted by atomic mass is 10.1. The van der Waals surface area contributed by atoms with Crippen molar-refractivity contribution in [2.24, 2.45) is 11.5 Å². The predicted molar refractivity (Wildman–Crippen MR) is 87.4 cm³/mol. The highest BCUT2D eigenvalue weighted by molar-refractivity contribution is 6.09. The number of rotatable bonds is 3. The molecule has 2 aromatic rings. The van der Waals surface area contributed by atoms with Crippen LogP contribution in [0.3, 0.4) is 0 Å². The first kappa shape index (κ1) is 14.3. The van der Waals surface area contributed by atoms with Crippen molar-refractivity contribution < 1.29 is 4.79 Å². The minimum Gasteiger partial charge on any atom is -0.397 e. The van der Waals surface area contributed by atoms with Crippen LogP contribution in [-0.2, 0) is 4.79 Å². The number of amides is 1. The van der Waals surface area contributed by atoms with E-state index in [0.29, 0.717) is 43.0 Å². The van der Waals surface area contributed by atoms with Crippen molar-refractivity contribution in [1.82, 2.24) is 9.88 Å². The van der Waals surface area contributed by atoms with Gasteiger partial charge in [-0.1, -0.05) is 18.2 Å². The van der Waals surface area contributed by atoms with Gasteiger partial charge in [-0.05, 0) is 12.1 Å². The van der Waals surface area contributed by atoms with Crippen molar-refractivity contribution in [3.05, 3.63) is 41.6 Å². The number of carbonyl (C=O) groups excluding carboxylic acids is 1. The maximum atomic E-state index is 11.9. The first-order chi connectivity index (χ1) is 10.6. The molecule has 1 amide bonds. The second-order valence-electron chi connectivity index (χ2n) is 5.43. The first-order valence-corrected chi connectivity index (χ1v) is 7.22. The number of nitrogens with one attached hydrogen (secondary N) is 2. The third-order valence-electron chi connectivity index (χ3n) is 3.92. The van der Waals surface area contributed by atoms with Gasteiger partial charge in [-0.25, -0.2) is 0 Å². The normalized spacial score (nSPS) is 17.3. The Labute approximate surface area is 128 Å². The highest BCUT2D eigenvalue weighted by Crippen LogP contribution is 2.23. The summed E-state index contributed by atoms with van der Waals surface area (Å²) < 4.78 is 0. The number of fused-ring (bicyclic) bond motifs is 1. The SMILES string of the molecule is N=C1CN(C(=O)CCN)CC1=C(N)c1cc2ccccc2[nH]1. The van der Waals surface area contributed by atoms with Gasteiger partial charge in [0.1, 0.15) is 0 Å². The van der Waals surface area contributed by atoms with Crippen molar-refractivity contribution >= 4 is 28.2 Å². The molecule has 2 heterocycles. The summed E-state index contributed by atoms with van der Waals surface area (Å²) in [6.07, 6.45) is 0.298. The van der Waals surface area contributed by atoms with E-state index in [-0.39, 0.29) is 5.91 Å². The van der Waals surface area contributed by atoms with E-state index >= 15 is 0 Å². The molecule has 6 nitrogen and oxygen atoms in total. The summed E-state index contributed by atoms with van der Waals surface area (Å²) in [4.78, 5) is 16.8. The Morgan fingerprint density at radius 2 is 2.09 bits per heavy atom. The fourth-order valence-corrected chi connectivity index (χ4v) is 2.72. The van der Waals surface area contributed by atoms with Crippen LogP contribution in [0.1, 0.15) is 12.1 Å². The predicted octanol–water partition coefficient (Wildman–Crippen LogP) is 1.05. The summed E-state index contributed by atoms with van der Waals surface area (Å²) in [5, 5.41) is 9.17. The van der Waals surface area contributed by atoms with Crippen LogP contribution in [0.25, 0.3) is 16.6 Å². The zero-order valence-corrected chi connectivity index (χ0v) is 12.2. The molecule has 0 saturated carbocycles. The van der Waals surface area contributed by atoms with Crippen LogP contribution in [0.2, 0.25) is 0 Å². The molecule has 6 N–H and O–H groups in total. The molecule has 0 radical (unpaired) electrons. The monoisotopic (exact) mass is 297 g/mol. The number of nitrogens with zero attached hydrogens (tertiary/aromatic N) is 1. The maximum absolute atomic E-state index is 11.9. The highest BCUT2D eigenvalue weighted by Gasteiger charge is 2.28. The molecule has 1 aromatic heterocycles. The summed E-state index contributed by atoms with van der Waals surface area (Å²) >= 11 is 0. The molecule has 1 aliphatic rings. The van der Waals surface area contributed by atoms with Gasteiger partial charge < -0.3 is 26.8 Å². The second-order valence-corrected chi connectivity index (χ2v) is 5.43. The summed E-state index contributed by atoms with van der Waals surface area (Å²) in [6.45, 7) is 0.993. The topological polar surface area (TPSA) is 112 Å². The molecule has 0 bridgehead atoms. The van der Waals surface area contributed by atoms with Gasteiger partial charge in [-0.15, -0.1) is 0 Å². The molecular weight excluding hydrogens is 278 g/mol. The summed E-state index contributed by atoms with van der Waals surface area (Å²) in [6, 6.07) is 9.87. The van der Waals surface area contributed by atoms with Gasteiger partial charge in [0.25, 0.3) is 0 Å². The highest BCUT2D eigenvalue weighted by atomic mass is 16.2. The van der Waals surface area contributed by atoms with Crippen molar-refractivity contribution in [3.63, 3.8) is 0 Å². The quantitative estimate of drug-likeness (QED) is 0.679. The number of benzene rings is 1. The Morgan fingerprint density at radius 3 is 2.82 bits per heavy atom. The molecule has 22 heavy (non-hydrogen) atoms. The number of aromatic amines is 1. The zero-order valence-electron chi connectivity index (χ0n) is 12.2. The average Bonchev–Trinajstić information content (AvgIpc) is 3.10. The number of nitrogens with two attached hydrogens (primary N) is 2. The van der Waals surface area contributed by atoms with Crippen molar-refractivity contribution in [3.8, 4) is 0 Å². The number of H-pyrrole nitrogens is 1. The van der Waals surface area contributed by atoms with Gasteiger partial charge in [-0.2, -0.15) is 0 Å². The number of hydrogen-bond donors (Lipinski definition) is 4. The van der Waals surface area contributed by atoms with Gasteiger partial charge in [0.15, 0.2) is 0 Å². The van der Waals surface area contributed by atoms with E-state index in [9.17, 15) is 4.79 Å². The molecule has 1 aliphatic heterocycles. The van der Waals surface area contributed by atoms with Gasteiger partial charge >= 0.3 is 0 Å². The lowest BCUT2D eigenvalue weighted by molar-refractivity contribution is -0.129. The third kappa shape index (κ3) is 2.48. The number of aromatic nitrogens is 1. The standard InChI is InChI=1S/C16H19N5O/c17-6-5-15(22)21-8-11(12(18)9-21)16(19)14-7-10-3-1-2-4-13(10)20-14/h1-4,7,18,20H,5-6,8-9,17,19H2. The van der Waals surface area contributed by atoms with Crippen LogP contribution in [0, 0.1) is 5.41 Å². The molecule has 1 aromatic carbocycles. The third-order valence-corrected chi connectivity index (χ3v) is 3.92. The van der Waals surface area contributed by atoms with E-state index < -0.39 is 0 Å². The molecule has 6 heteroatoms. The minimum absolute atomic E-state index is 0.0355. The van der Waals surface area contributed by atoms with Gasteiger partial charge in [-0.3, -0.25) is 4.79 Å². The van der Waals surface area contributed by atoms with Crippen LogP contribution >= 0.6 is 0 Å². The van der Waals surface area contributed by atoms with Gasteiger partial charge in [0, 0.05) is 29.4 Å². The first-order valence-electron chi connectivity index (χ1n) is 7.22. The molecule has 114 valence electrons. The largest absolute Gasteiger partial charge is 0.397 e. The van der Waals surface area contributed by atoms with Crippen LogP contribution < -0.4 is 11.5 Å². The zero-order chi connectivity index (χ0) is 15.7. The molecule has 0 unspecified atom stereocenters. The van der Waals surface area contributed by atoms with E-state index in [1.165, 1.54) is 0 Å². The fourth-order valence-electron chi connectivity index (χ4n) is 2.72. The molecule has 1 saturated heterocycles. The van der Waals surface area contributed by atoms with Gasteiger partial charge in [0.05, 0.1) is 30.2 Å². The van der Waals surface area contributed by atoms with Crippen molar-refractivity contribution in [2.45, 2.75) is 6.42 Å². The smallest absolute Gasteiger partial charge is 0.224 e. The average molecular weight is 297 g/mol. The van der Waals surface area contributed by atoms with Crippen LogP contribution in [0.5, 0.6) is 0 Å². The molecular formula is C16H19N5O. The number of likely N-dealkylation sites (tertiary alicyclic amines) is 1. The Bertz CT molecular complexity index is 741. The molecule has 1 fully saturated rings. The summed E-state index contributed by atoms with van der Waals surface area (Å²) in [7, 11) is 0. The Kier molecular flexibility index (Phi) is 3.68. The van der Waals surface area contributed by atoms with E-state index in [1.807, 2.05) is 30.3 Å². The van der Waals surface area contributed by atoms with Gasteiger partial charge in [0.2, 0.25) is 5.91 Å². The van der Waals surface area contributed by atoms with Crippen LogP contribution in [0.15, 0.2) is 35.9 Å². The number of para-hydroxylation sites is 1. The molecule has 0 atom stereocenters. The number of hydrogen-bond acceptors (Lipinski definition) is 4. The van der Waals surface area contributed by atoms with E-state index in [2.05, 4.69) is 4.98 Å². The van der Waals surface area contributed by atoms with Crippen LogP contribution in [0.4, 0.5) is 0 Å². The second kappa shape index (κ2) is 5.65. The molecule has 0 spiro atoms. The lowest BCUT2D eigenvalue weighted by Crippen LogP contribution is -2.30. The van der Waals surface area contributed by atoms with E-state index in [4.69, 9.17) is 16.9 Å². The fraction of sp³-hybridized carbons (Fsp3) is 0.250. The van der Waals surface area contributed by atoms with Crippen LogP contribution in [-0.4, -0.2) is 41.1 Å². The van der Waals surface area contributed by atoms with E-state index in [0.717, 1.165) is 16.6 Å². The summed E-state index contributed by atoms with van der Waals surface area (Å²) in [5.74, 6) is -0.0355. The Balaban J connectivity index is 1.91. The number of carbonyl (C=O) groups is 1. The van der Waals surface area contributed by atoms with Crippen molar-refractivity contribution in [1.29, 1.82) is 5.41 Å². The molecule has 0 aliphatic carbocycles. The summed E-state index contributed by atoms with van der Waals surface area (Å²) in [5.41, 5.74) is 15.1. The van der Waals surface area contributed by atoms with Crippen molar-refractivity contribution in [2.75, 3.05) is 19.6 Å². The Hall–Kier alpha value is -2.60. The lowest BCUT2D eigenvalue weighted by Gasteiger charge is -2.13.